The number of carbonyl (C=O) groups is 1. The number of anilines is 4. The molecule has 1 saturated carbocycles. The number of nitrogens with one attached hydrogen (secondary N) is 2. The van der Waals surface area contributed by atoms with Crippen LogP contribution in [0, 0.1) is 12.8 Å². The van der Waals surface area contributed by atoms with Crippen molar-refractivity contribution in [3.05, 3.63) is 36.0 Å². The summed E-state index contributed by atoms with van der Waals surface area (Å²) in [5, 5.41) is 6.32. The molecule has 4 rings (SSSR count). The molecule has 7 nitrogen and oxygen atoms in total. The lowest BCUT2D eigenvalue weighted by Crippen LogP contribution is -2.36. The lowest BCUT2D eigenvalue weighted by Gasteiger charge is -2.28. The molecule has 0 spiro atoms. The monoisotopic (exact) mass is 395 g/mol. The molecule has 2 aliphatic rings. The zero-order valence-corrected chi connectivity index (χ0v) is 17.0. The summed E-state index contributed by atoms with van der Waals surface area (Å²) >= 11 is 0. The van der Waals surface area contributed by atoms with Crippen LogP contribution in [0.5, 0.6) is 0 Å². The lowest BCUT2D eigenvalue weighted by molar-refractivity contribution is -0.120. The molecular formula is C22H29N5O2. The molecule has 1 aliphatic heterocycles. The summed E-state index contributed by atoms with van der Waals surface area (Å²) in [4.78, 5) is 23.8. The molecule has 1 aromatic carbocycles. The smallest absolute Gasteiger partial charge is 0.229 e. The molecule has 2 aromatic rings. The lowest BCUT2D eigenvalue weighted by atomic mass is 9.88. The number of morpholine rings is 1. The zero-order chi connectivity index (χ0) is 20.1. The maximum atomic E-state index is 12.4. The Bertz CT molecular complexity index is 828. The van der Waals surface area contributed by atoms with Gasteiger partial charge in [0.15, 0.2) is 0 Å². The van der Waals surface area contributed by atoms with Crippen molar-refractivity contribution in [2.45, 2.75) is 39.0 Å². The van der Waals surface area contributed by atoms with Crippen LogP contribution in [0.15, 0.2) is 30.3 Å². The Morgan fingerprint density at radius 2 is 1.72 bits per heavy atom. The van der Waals surface area contributed by atoms with E-state index in [4.69, 9.17) is 4.74 Å². The number of amides is 1. The number of benzene rings is 1. The van der Waals surface area contributed by atoms with Crippen molar-refractivity contribution in [3.8, 4) is 0 Å². The molecule has 0 bridgehead atoms. The molecule has 154 valence electrons. The average molecular weight is 396 g/mol. The van der Waals surface area contributed by atoms with Gasteiger partial charge in [-0.15, -0.1) is 0 Å². The number of ether oxygens (including phenoxy) is 1. The SMILES string of the molecule is Cc1cc(N2CCOCC2)nc(Nc2ccc(NC(=O)C3CCCCC3)cc2)n1. The third kappa shape index (κ3) is 5.23. The van der Waals surface area contributed by atoms with Crippen molar-refractivity contribution in [2.24, 2.45) is 5.92 Å². The first-order valence-corrected chi connectivity index (χ1v) is 10.5. The summed E-state index contributed by atoms with van der Waals surface area (Å²) in [6.07, 6.45) is 5.56. The minimum Gasteiger partial charge on any atom is -0.378 e. The topological polar surface area (TPSA) is 79.4 Å². The Labute approximate surface area is 171 Å². The van der Waals surface area contributed by atoms with Gasteiger partial charge in [0.2, 0.25) is 11.9 Å². The van der Waals surface area contributed by atoms with Gasteiger partial charge in [0.05, 0.1) is 13.2 Å². The number of carbonyl (C=O) groups excluding carboxylic acids is 1. The summed E-state index contributed by atoms with van der Waals surface area (Å²) in [6, 6.07) is 9.72. The molecule has 1 aromatic heterocycles. The molecule has 1 amide bonds. The van der Waals surface area contributed by atoms with Crippen molar-refractivity contribution < 1.29 is 9.53 Å². The summed E-state index contributed by atoms with van der Waals surface area (Å²) in [6.45, 7) is 5.09. The van der Waals surface area contributed by atoms with Crippen LogP contribution < -0.4 is 15.5 Å². The molecule has 0 unspecified atom stereocenters. The molecule has 1 aliphatic carbocycles. The first-order valence-electron chi connectivity index (χ1n) is 10.5. The maximum absolute atomic E-state index is 12.4. The Morgan fingerprint density at radius 1 is 1.03 bits per heavy atom. The Morgan fingerprint density at radius 3 is 2.45 bits per heavy atom. The predicted octanol–water partition coefficient (Wildman–Crippen LogP) is 3.88. The van der Waals surface area contributed by atoms with Gasteiger partial charge in [-0.3, -0.25) is 4.79 Å². The van der Waals surface area contributed by atoms with Crippen LogP contribution in [-0.2, 0) is 9.53 Å². The predicted molar refractivity (Wildman–Crippen MR) is 115 cm³/mol. The van der Waals surface area contributed by atoms with E-state index in [-0.39, 0.29) is 11.8 Å². The van der Waals surface area contributed by atoms with Crippen LogP contribution in [-0.4, -0.2) is 42.2 Å². The fourth-order valence-corrected chi connectivity index (χ4v) is 3.94. The number of aryl methyl sites for hydroxylation is 1. The van der Waals surface area contributed by atoms with E-state index in [0.717, 1.165) is 74.9 Å². The molecular weight excluding hydrogens is 366 g/mol. The highest BCUT2D eigenvalue weighted by molar-refractivity contribution is 5.92. The van der Waals surface area contributed by atoms with Crippen LogP contribution in [0.3, 0.4) is 0 Å². The molecule has 2 heterocycles. The second kappa shape index (κ2) is 9.22. The standard InChI is InChI=1S/C22H29N5O2/c1-16-15-20(27-11-13-29-14-12-27)26-22(23-16)25-19-9-7-18(8-10-19)24-21(28)17-5-3-2-4-6-17/h7-10,15,17H,2-6,11-14H2,1H3,(H,24,28)(H,23,25,26). The third-order valence-electron chi connectivity index (χ3n) is 5.56. The van der Waals surface area contributed by atoms with E-state index in [1.165, 1.54) is 6.42 Å². The van der Waals surface area contributed by atoms with Crippen molar-refractivity contribution in [3.63, 3.8) is 0 Å². The molecule has 0 atom stereocenters. The van der Waals surface area contributed by atoms with Gasteiger partial charge < -0.3 is 20.3 Å². The van der Waals surface area contributed by atoms with Crippen molar-refractivity contribution in [2.75, 3.05) is 41.8 Å². The highest BCUT2D eigenvalue weighted by Gasteiger charge is 2.21. The zero-order valence-electron chi connectivity index (χ0n) is 17.0. The molecule has 2 N–H and O–H groups in total. The molecule has 1 saturated heterocycles. The van der Waals surface area contributed by atoms with Crippen molar-refractivity contribution >= 4 is 29.0 Å². The van der Waals surface area contributed by atoms with Gasteiger partial charge in [0.1, 0.15) is 5.82 Å². The van der Waals surface area contributed by atoms with Gasteiger partial charge in [-0.2, -0.15) is 4.98 Å². The second-order valence-corrected chi connectivity index (χ2v) is 7.82. The molecule has 7 heteroatoms. The van der Waals surface area contributed by atoms with Gasteiger partial charge in [0.25, 0.3) is 0 Å². The van der Waals surface area contributed by atoms with Gasteiger partial charge in [0, 0.05) is 42.1 Å². The van der Waals surface area contributed by atoms with E-state index in [2.05, 4.69) is 25.5 Å². The second-order valence-electron chi connectivity index (χ2n) is 7.82. The first-order chi connectivity index (χ1) is 14.2. The van der Waals surface area contributed by atoms with Gasteiger partial charge in [-0.25, -0.2) is 4.98 Å². The van der Waals surface area contributed by atoms with Crippen LogP contribution in [0.2, 0.25) is 0 Å². The molecule has 2 fully saturated rings. The van der Waals surface area contributed by atoms with Crippen molar-refractivity contribution in [1.82, 2.24) is 9.97 Å². The Balaban J connectivity index is 1.39. The summed E-state index contributed by atoms with van der Waals surface area (Å²) in [5.41, 5.74) is 2.63. The maximum Gasteiger partial charge on any atom is 0.229 e. The first kappa shape index (κ1) is 19.6. The number of hydrogen-bond acceptors (Lipinski definition) is 6. The van der Waals surface area contributed by atoms with Gasteiger partial charge in [-0.05, 0) is 44.0 Å². The van der Waals surface area contributed by atoms with Crippen LogP contribution >= 0.6 is 0 Å². The summed E-state index contributed by atoms with van der Waals surface area (Å²) < 4.78 is 5.42. The number of hydrogen-bond donors (Lipinski definition) is 2. The van der Waals surface area contributed by atoms with Crippen molar-refractivity contribution in [1.29, 1.82) is 0 Å². The highest BCUT2D eigenvalue weighted by Crippen LogP contribution is 2.26. The van der Waals surface area contributed by atoms with E-state index in [9.17, 15) is 4.79 Å². The molecule has 29 heavy (non-hydrogen) atoms. The van der Waals surface area contributed by atoms with E-state index in [1.807, 2.05) is 37.3 Å². The fraction of sp³-hybridized carbons (Fsp3) is 0.500. The van der Waals surface area contributed by atoms with Crippen LogP contribution in [0.4, 0.5) is 23.1 Å². The number of rotatable bonds is 5. The summed E-state index contributed by atoms with van der Waals surface area (Å²) in [7, 11) is 0. The Kier molecular flexibility index (Phi) is 6.24. The number of nitrogens with zero attached hydrogens (tertiary/aromatic N) is 3. The highest BCUT2D eigenvalue weighted by atomic mass is 16.5. The van der Waals surface area contributed by atoms with Gasteiger partial charge in [-0.1, -0.05) is 19.3 Å². The van der Waals surface area contributed by atoms with E-state index in [1.54, 1.807) is 0 Å². The number of aromatic nitrogens is 2. The van der Waals surface area contributed by atoms with Crippen LogP contribution in [0.1, 0.15) is 37.8 Å². The largest absolute Gasteiger partial charge is 0.378 e. The van der Waals surface area contributed by atoms with Crippen LogP contribution in [0.25, 0.3) is 0 Å². The normalized spacial score (nSPS) is 17.8. The minimum atomic E-state index is 0.141. The fourth-order valence-electron chi connectivity index (χ4n) is 3.94. The third-order valence-corrected chi connectivity index (χ3v) is 5.56. The van der Waals surface area contributed by atoms with E-state index in [0.29, 0.717) is 5.95 Å². The minimum absolute atomic E-state index is 0.141. The van der Waals surface area contributed by atoms with Gasteiger partial charge >= 0.3 is 0 Å². The van der Waals surface area contributed by atoms with E-state index < -0.39 is 0 Å². The Hall–Kier alpha value is -2.67. The summed E-state index contributed by atoms with van der Waals surface area (Å²) in [5.74, 6) is 1.79. The average Bonchev–Trinajstić information content (AvgIpc) is 2.76. The quantitative estimate of drug-likeness (QED) is 0.800. The molecule has 0 radical (unpaired) electrons. The van der Waals surface area contributed by atoms with E-state index >= 15 is 0 Å².